The molecule has 2 heterocycles. The van der Waals surface area contributed by atoms with E-state index in [0.717, 1.165) is 27.9 Å². The molecule has 0 aliphatic heterocycles. The summed E-state index contributed by atoms with van der Waals surface area (Å²) < 4.78 is 17.1. The van der Waals surface area contributed by atoms with Gasteiger partial charge in [0.25, 0.3) is 0 Å². The minimum atomic E-state index is -0.277. The van der Waals surface area contributed by atoms with E-state index in [4.69, 9.17) is 0 Å². The lowest BCUT2D eigenvalue weighted by Gasteiger charge is -2.10. The average Bonchev–Trinajstić information content (AvgIpc) is 3.27. The van der Waals surface area contributed by atoms with Crippen molar-refractivity contribution < 1.29 is 4.39 Å². The Morgan fingerprint density at radius 1 is 1.00 bits per heavy atom. The lowest BCUT2D eigenvalue weighted by Crippen LogP contribution is -2.01. The van der Waals surface area contributed by atoms with Gasteiger partial charge >= 0.3 is 0 Å². The van der Waals surface area contributed by atoms with Crippen molar-refractivity contribution in [1.82, 2.24) is 24.5 Å². The van der Waals surface area contributed by atoms with Crippen LogP contribution in [0.1, 0.15) is 17.1 Å². The summed E-state index contributed by atoms with van der Waals surface area (Å²) in [5.74, 6) is 1.21. The van der Waals surface area contributed by atoms with E-state index in [1.807, 2.05) is 37.4 Å². The van der Waals surface area contributed by atoms with Crippen molar-refractivity contribution in [2.45, 2.75) is 24.8 Å². The van der Waals surface area contributed by atoms with Gasteiger partial charge < -0.3 is 0 Å². The molecule has 2 aromatic carbocycles. The summed E-state index contributed by atoms with van der Waals surface area (Å²) in [6.07, 6.45) is 1.84. The van der Waals surface area contributed by atoms with Crippen LogP contribution in [0.4, 0.5) is 4.39 Å². The van der Waals surface area contributed by atoms with Crippen LogP contribution < -0.4 is 0 Å². The van der Waals surface area contributed by atoms with Gasteiger partial charge in [-0.3, -0.25) is 4.57 Å². The predicted octanol–water partition coefficient (Wildman–Crippen LogP) is 4.50. The van der Waals surface area contributed by atoms with Crippen molar-refractivity contribution in [2.24, 2.45) is 0 Å². The van der Waals surface area contributed by atoms with Crippen LogP contribution in [0.3, 0.4) is 0 Å². The molecule has 136 valence electrons. The van der Waals surface area contributed by atoms with Gasteiger partial charge in [-0.25, -0.2) is 9.07 Å². The van der Waals surface area contributed by atoms with Crippen LogP contribution in [0.2, 0.25) is 0 Å². The van der Waals surface area contributed by atoms with Crippen molar-refractivity contribution in [2.75, 3.05) is 0 Å². The molecule has 4 aromatic rings. The lowest BCUT2D eigenvalue weighted by atomic mass is 10.2. The molecule has 0 unspecified atom stereocenters. The zero-order valence-corrected chi connectivity index (χ0v) is 15.8. The monoisotopic (exact) mass is 379 g/mol. The largest absolute Gasteiger partial charge is 0.274 e. The van der Waals surface area contributed by atoms with Crippen molar-refractivity contribution >= 4 is 11.8 Å². The summed E-state index contributed by atoms with van der Waals surface area (Å²) in [6.45, 7) is 4.02. The minimum absolute atomic E-state index is 0.277. The van der Waals surface area contributed by atoms with Gasteiger partial charge in [0.05, 0.1) is 17.1 Å². The predicted molar refractivity (Wildman–Crippen MR) is 104 cm³/mol. The molecule has 0 aliphatic carbocycles. The Kier molecular flexibility index (Phi) is 4.77. The van der Waals surface area contributed by atoms with Gasteiger partial charge in [-0.15, -0.1) is 10.2 Å². The molecule has 0 spiro atoms. The first-order valence-electron chi connectivity index (χ1n) is 8.53. The Hall–Kier alpha value is -2.93. The Balaban J connectivity index is 1.55. The van der Waals surface area contributed by atoms with Crippen molar-refractivity contribution in [3.8, 4) is 11.4 Å². The van der Waals surface area contributed by atoms with Gasteiger partial charge in [0, 0.05) is 11.9 Å². The molecule has 0 N–H and O–H groups in total. The van der Waals surface area contributed by atoms with Gasteiger partial charge in [-0.1, -0.05) is 36.0 Å². The van der Waals surface area contributed by atoms with Crippen LogP contribution in [0.5, 0.6) is 0 Å². The SMILES string of the molecule is Cc1ccccc1-n1c(C)nnc1SCc1ccn(-c2cccc(F)c2)n1. The van der Waals surface area contributed by atoms with Gasteiger partial charge in [0.15, 0.2) is 5.16 Å². The van der Waals surface area contributed by atoms with E-state index in [1.165, 1.54) is 12.1 Å². The number of aryl methyl sites for hydroxylation is 2. The smallest absolute Gasteiger partial charge is 0.196 e. The lowest BCUT2D eigenvalue weighted by molar-refractivity contribution is 0.625. The molecular formula is C20H18FN5S. The first-order valence-corrected chi connectivity index (χ1v) is 9.52. The standard InChI is InChI=1S/C20H18FN5S/c1-14-6-3-4-9-19(14)26-15(2)22-23-20(26)27-13-17-10-11-25(24-17)18-8-5-7-16(21)12-18/h3-12H,13H2,1-2H3. The van der Waals surface area contributed by atoms with E-state index < -0.39 is 0 Å². The summed E-state index contributed by atoms with van der Waals surface area (Å²) >= 11 is 1.58. The first-order chi connectivity index (χ1) is 13.1. The number of hydrogen-bond acceptors (Lipinski definition) is 4. The number of para-hydroxylation sites is 1. The number of aromatic nitrogens is 5. The summed E-state index contributed by atoms with van der Waals surface area (Å²) in [5, 5.41) is 13.9. The Bertz CT molecular complexity index is 1090. The average molecular weight is 379 g/mol. The maximum Gasteiger partial charge on any atom is 0.196 e. The molecule has 0 amide bonds. The number of rotatable bonds is 5. The van der Waals surface area contributed by atoms with Crippen LogP contribution >= 0.6 is 11.8 Å². The topological polar surface area (TPSA) is 48.5 Å². The van der Waals surface area contributed by atoms with Crippen molar-refractivity contribution in [3.05, 3.63) is 83.7 Å². The summed E-state index contributed by atoms with van der Waals surface area (Å²) in [6, 6.07) is 16.5. The summed E-state index contributed by atoms with van der Waals surface area (Å²) in [7, 11) is 0. The number of thioether (sulfide) groups is 1. The second kappa shape index (κ2) is 7.36. The first kappa shape index (κ1) is 17.5. The third kappa shape index (κ3) is 3.64. The zero-order chi connectivity index (χ0) is 18.8. The highest BCUT2D eigenvalue weighted by Crippen LogP contribution is 2.26. The second-order valence-electron chi connectivity index (χ2n) is 6.17. The van der Waals surface area contributed by atoms with Crippen LogP contribution in [-0.2, 0) is 5.75 Å². The number of halogens is 1. The quantitative estimate of drug-likeness (QED) is 0.479. The molecule has 27 heavy (non-hydrogen) atoms. The number of benzene rings is 2. The Labute approximate surface area is 160 Å². The van der Waals surface area contributed by atoms with Gasteiger partial charge in [-0.05, 0) is 49.7 Å². The van der Waals surface area contributed by atoms with Gasteiger partial charge in [-0.2, -0.15) is 5.10 Å². The molecule has 0 atom stereocenters. The summed E-state index contributed by atoms with van der Waals surface area (Å²) in [5.41, 5.74) is 3.83. The highest BCUT2D eigenvalue weighted by atomic mass is 32.2. The highest BCUT2D eigenvalue weighted by molar-refractivity contribution is 7.98. The van der Waals surface area contributed by atoms with Gasteiger partial charge in [0.1, 0.15) is 11.6 Å². The molecule has 0 saturated heterocycles. The fraction of sp³-hybridized carbons (Fsp3) is 0.150. The number of nitrogens with zero attached hydrogens (tertiary/aromatic N) is 5. The van der Waals surface area contributed by atoms with E-state index in [9.17, 15) is 4.39 Å². The fourth-order valence-electron chi connectivity index (χ4n) is 2.87. The number of hydrogen-bond donors (Lipinski definition) is 0. The highest BCUT2D eigenvalue weighted by Gasteiger charge is 2.14. The molecule has 0 bridgehead atoms. The van der Waals surface area contributed by atoms with E-state index in [1.54, 1.807) is 22.5 Å². The van der Waals surface area contributed by atoms with Crippen molar-refractivity contribution in [3.63, 3.8) is 0 Å². The minimum Gasteiger partial charge on any atom is -0.274 e. The fourth-order valence-corrected chi connectivity index (χ4v) is 3.76. The van der Waals surface area contributed by atoms with E-state index in [-0.39, 0.29) is 5.82 Å². The van der Waals surface area contributed by atoms with Crippen LogP contribution in [-0.4, -0.2) is 24.5 Å². The molecular weight excluding hydrogens is 361 g/mol. The Morgan fingerprint density at radius 3 is 2.67 bits per heavy atom. The Morgan fingerprint density at radius 2 is 1.85 bits per heavy atom. The van der Waals surface area contributed by atoms with E-state index in [2.05, 4.69) is 38.9 Å². The van der Waals surface area contributed by atoms with Crippen molar-refractivity contribution in [1.29, 1.82) is 0 Å². The second-order valence-corrected chi connectivity index (χ2v) is 7.11. The van der Waals surface area contributed by atoms with Crippen LogP contribution in [0.15, 0.2) is 66.0 Å². The summed E-state index contributed by atoms with van der Waals surface area (Å²) in [4.78, 5) is 0. The zero-order valence-electron chi connectivity index (χ0n) is 15.0. The maximum atomic E-state index is 13.4. The van der Waals surface area contributed by atoms with E-state index >= 15 is 0 Å². The van der Waals surface area contributed by atoms with Crippen LogP contribution in [0, 0.1) is 19.7 Å². The molecule has 0 saturated carbocycles. The maximum absolute atomic E-state index is 13.4. The third-order valence-electron chi connectivity index (χ3n) is 4.22. The molecule has 4 rings (SSSR count). The molecule has 2 aromatic heterocycles. The molecule has 0 aliphatic rings. The third-order valence-corrected chi connectivity index (χ3v) is 5.18. The molecule has 5 nitrogen and oxygen atoms in total. The van der Waals surface area contributed by atoms with Gasteiger partial charge in [0.2, 0.25) is 0 Å². The van der Waals surface area contributed by atoms with E-state index in [0.29, 0.717) is 11.4 Å². The molecule has 7 heteroatoms. The molecule has 0 radical (unpaired) electrons. The van der Waals surface area contributed by atoms with Crippen LogP contribution in [0.25, 0.3) is 11.4 Å². The molecule has 0 fully saturated rings. The normalized spacial score (nSPS) is 11.1.